The number of hydrogen-bond donors (Lipinski definition) is 0. The molecule has 2 fully saturated rings. The number of alkyl halides is 6. The summed E-state index contributed by atoms with van der Waals surface area (Å²) in [5, 5.41) is 0. The van der Waals surface area contributed by atoms with Gasteiger partial charge in [-0.1, -0.05) is 12.1 Å². The van der Waals surface area contributed by atoms with Gasteiger partial charge in [-0.25, -0.2) is 9.18 Å². The minimum Gasteiger partial charge on any atom is -0.444 e. The predicted molar refractivity (Wildman–Crippen MR) is 137 cm³/mol. The highest BCUT2D eigenvalue weighted by atomic mass is 19.4. The van der Waals surface area contributed by atoms with E-state index < -0.39 is 59.8 Å². The monoisotopic (exact) mass is 618 g/mol. The first-order valence-corrected chi connectivity index (χ1v) is 13.3. The lowest BCUT2D eigenvalue weighted by Crippen LogP contribution is -2.71. The van der Waals surface area contributed by atoms with Gasteiger partial charge in [-0.3, -0.25) is 14.5 Å². The first kappa shape index (κ1) is 32.0. The third kappa shape index (κ3) is 7.56. The maximum absolute atomic E-state index is 13.5. The van der Waals surface area contributed by atoms with Gasteiger partial charge in [-0.2, -0.15) is 26.3 Å². The SMILES string of the molecule is CN(C)CC[C@H]1C(=O)N(Cc2ccc(F)cc2)C[C@@H]2N(C(=O)OCc3cc(C(F)(F)F)cc(C(F)(F)F)c3)CCC(=O)N21. The summed E-state index contributed by atoms with van der Waals surface area (Å²) < 4.78 is 98.2. The Labute approximate surface area is 242 Å². The zero-order valence-electron chi connectivity index (χ0n) is 23.2. The third-order valence-corrected chi connectivity index (χ3v) is 7.23. The van der Waals surface area contributed by atoms with Gasteiger partial charge in [0, 0.05) is 19.5 Å². The van der Waals surface area contributed by atoms with E-state index in [-0.39, 0.29) is 50.4 Å². The Morgan fingerprint density at radius 1 is 0.953 bits per heavy atom. The lowest BCUT2D eigenvalue weighted by molar-refractivity contribution is -0.169. The normalized spacial score (nSPS) is 19.6. The Hall–Kier alpha value is -3.88. The molecule has 234 valence electrons. The van der Waals surface area contributed by atoms with Crippen LogP contribution in [0.1, 0.15) is 35.1 Å². The van der Waals surface area contributed by atoms with E-state index in [1.165, 1.54) is 34.1 Å². The molecule has 0 aromatic heterocycles. The predicted octanol–water partition coefficient (Wildman–Crippen LogP) is 4.72. The molecule has 8 nitrogen and oxygen atoms in total. The Kier molecular flexibility index (Phi) is 9.23. The van der Waals surface area contributed by atoms with E-state index in [4.69, 9.17) is 4.74 Å². The average Bonchev–Trinajstić information content (AvgIpc) is 2.92. The van der Waals surface area contributed by atoms with Crippen molar-refractivity contribution < 1.29 is 49.9 Å². The van der Waals surface area contributed by atoms with Gasteiger partial charge in [-0.15, -0.1) is 0 Å². The number of carbonyl (C=O) groups is 3. The van der Waals surface area contributed by atoms with Crippen molar-refractivity contribution in [2.24, 2.45) is 0 Å². The van der Waals surface area contributed by atoms with Crippen LogP contribution in [0.15, 0.2) is 42.5 Å². The van der Waals surface area contributed by atoms with Gasteiger partial charge >= 0.3 is 18.4 Å². The molecule has 15 heteroatoms. The summed E-state index contributed by atoms with van der Waals surface area (Å²) >= 11 is 0. The summed E-state index contributed by atoms with van der Waals surface area (Å²) in [5.41, 5.74) is -3.03. The summed E-state index contributed by atoms with van der Waals surface area (Å²) in [5.74, 6) is -1.24. The van der Waals surface area contributed by atoms with Crippen molar-refractivity contribution in [2.45, 2.75) is 50.6 Å². The fourth-order valence-electron chi connectivity index (χ4n) is 5.13. The standard InChI is InChI=1S/C28H29F7N4O4/c1-36(2)9-7-22-25(41)37(14-17-3-5-21(29)6-4-17)15-23-38(10-8-24(40)39(22)23)26(42)43-16-18-11-19(27(30,31)32)13-20(12-18)28(33,34)35/h3-6,11-13,22-23H,7-10,14-16H2,1-2H3/t22-,23+/m0/s1. The molecule has 2 aromatic carbocycles. The van der Waals surface area contributed by atoms with Crippen LogP contribution in [0.3, 0.4) is 0 Å². The number of nitrogens with zero attached hydrogens (tertiary/aromatic N) is 4. The van der Waals surface area contributed by atoms with Gasteiger partial charge in [0.2, 0.25) is 11.8 Å². The van der Waals surface area contributed by atoms with Crippen LogP contribution in [0.4, 0.5) is 35.5 Å². The number of carbonyl (C=O) groups excluding carboxylic acids is 3. The average molecular weight is 619 g/mol. The molecule has 2 aromatic rings. The van der Waals surface area contributed by atoms with Crippen molar-refractivity contribution in [1.29, 1.82) is 0 Å². The van der Waals surface area contributed by atoms with E-state index in [1.807, 2.05) is 4.90 Å². The minimum atomic E-state index is -5.07. The number of piperazine rings is 1. The Bertz CT molecular complexity index is 1320. The summed E-state index contributed by atoms with van der Waals surface area (Å²) in [6, 6.07) is 5.39. The van der Waals surface area contributed by atoms with Crippen LogP contribution >= 0.6 is 0 Å². The van der Waals surface area contributed by atoms with Crippen LogP contribution in [0.25, 0.3) is 0 Å². The van der Waals surface area contributed by atoms with Gasteiger partial charge in [0.1, 0.15) is 24.6 Å². The van der Waals surface area contributed by atoms with Crippen molar-refractivity contribution in [3.63, 3.8) is 0 Å². The molecule has 43 heavy (non-hydrogen) atoms. The van der Waals surface area contributed by atoms with Gasteiger partial charge in [0.15, 0.2) is 0 Å². The molecule has 0 aliphatic carbocycles. The van der Waals surface area contributed by atoms with Crippen LogP contribution in [-0.2, 0) is 39.8 Å². The van der Waals surface area contributed by atoms with Crippen LogP contribution in [-0.4, -0.2) is 83.4 Å². The van der Waals surface area contributed by atoms with E-state index in [0.29, 0.717) is 24.2 Å². The van der Waals surface area contributed by atoms with Crippen LogP contribution in [0.2, 0.25) is 0 Å². The van der Waals surface area contributed by atoms with E-state index in [2.05, 4.69) is 0 Å². The molecule has 3 amide bonds. The van der Waals surface area contributed by atoms with E-state index in [1.54, 1.807) is 14.1 Å². The van der Waals surface area contributed by atoms with Gasteiger partial charge in [0.05, 0.1) is 17.7 Å². The topological polar surface area (TPSA) is 73.4 Å². The lowest BCUT2D eigenvalue weighted by Gasteiger charge is -2.52. The van der Waals surface area contributed by atoms with Crippen molar-refractivity contribution in [3.8, 4) is 0 Å². The molecule has 0 spiro atoms. The quantitative estimate of drug-likeness (QED) is 0.420. The molecule has 4 rings (SSSR count). The number of rotatable bonds is 7. The van der Waals surface area contributed by atoms with Crippen molar-refractivity contribution >= 4 is 17.9 Å². The van der Waals surface area contributed by atoms with Gasteiger partial charge in [-0.05, 0) is 68.5 Å². The molecular weight excluding hydrogens is 589 g/mol. The highest BCUT2D eigenvalue weighted by molar-refractivity contribution is 5.90. The third-order valence-electron chi connectivity index (χ3n) is 7.23. The molecule has 0 bridgehead atoms. The van der Waals surface area contributed by atoms with Crippen LogP contribution in [0.5, 0.6) is 0 Å². The molecular formula is C28H29F7N4O4. The van der Waals surface area contributed by atoms with Gasteiger partial charge < -0.3 is 19.4 Å². The van der Waals surface area contributed by atoms with Crippen molar-refractivity contribution in [2.75, 3.05) is 33.7 Å². The van der Waals surface area contributed by atoms with E-state index in [9.17, 15) is 45.1 Å². The summed E-state index contributed by atoms with van der Waals surface area (Å²) in [7, 11) is 3.56. The fraction of sp³-hybridized carbons (Fsp3) is 0.464. The molecule has 2 atom stereocenters. The molecule has 2 heterocycles. The molecule has 2 aliphatic heterocycles. The van der Waals surface area contributed by atoms with Crippen LogP contribution < -0.4 is 0 Å². The zero-order valence-corrected chi connectivity index (χ0v) is 23.2. The van der Waals surface area contributed by atoms with E-state index >= 15 is 0 Å². The smallest absolute Gasteiger partial charge is 0.416 e. The number of benzene rings is 2. The largest absolute Gasteiger partial charge is 0.444 e. The second-order valence-corrected chi connectivity index (χ2v) is 10.6. The number of halogens is 7. The molecule has 0 N–H and O–H groups in total. The molecule has 0 saturated carbocycles. The van der Waals surface area contributed by atoms with Gasteiger partial charge in [0.25, 0.3) is 0 Å². The van der Waals surface area contributed by atoms with Crippen LogP contribution in [0, 0.1) is 5.82 Å². The first-order valence-electron chi connectivity index (χ1n) is 13.3. The molecule has 2 aliphatic rings. The number of fused-ring (bicyclic) bond motifs is 1. The number of hydrogen-bond acceptors (Lipinski definition) is 5. The second-order valence-electron chi connectivity index (χ2n) is 10.6. The maximum Gasteiger partial charge on any atom is 0.416 e. The highest BCUT2D eigenvalue weighted by Gasteiger charge is 2.49. The Morgan fingerprint density at radius 2 is 1.56 bits per heavy atom. The Morgan fingerprint density at radius 3 is 2.12 bits per heavy atom. The number of amides is 3. The minimum absolute atomic E-state index is 0.0257. The Balaban J connectivity index is 1.59. The second kappa shape index (κ2) is 12.4. The zero-order chi connectivity index (χ0) is 31.7. The fourth-order valence-corrected chi connectivity index (χ4v) is 5.13. The summed E-state index contributed by atoms with van der Waals surface area (Å²) in [6.07, 6.45) is -12.2. The summed E-state index contributed by atoms with van der Waals surface area (Å²) in [6.45, 7) is -0.723. The first-order chi connectivity index (χ1) is 20.0. The van der Waals surface area contributed by atoms with Crippen molar-refractivity contribution in [3.05, 3.63) is 70.5 Å². The highest BCUT2D eigenvalue weighted by Crippen LogP contribution is 2.37. The lowest BCUT2D eigenvalue weighted by atomic mass is 10.0. The molecule has 0 unspecified atom stereocenters. The molecule has 0 radical (unpaired) electrons. The van der Waals surface area contributed by atoms with Crippen molar-refractivity contribution in [1.82, 2.24) is 19.6 Å². The maximum atomic E-state index is 13.5. The van der Waals surface area contributed by atoms with E-state index in [0.717, 1.165) is 4.90 Å². The number of ether oxygens (including phenoxy) is 1. The molecule has 2 saturated heterocycles. The summed E-state index contributed by atoms with van der Waals surface area (Å²) in [4.78, 5) is 45.5.